The van der Waals surface area contributed by atoms with E-state index < -0.39 is 16.0 Å². The topological polar surface area (TPSA) is 76.0 Å². The van der Waals surface area contributed by atoms with Gasteiger partial charge in [-0.2, -0.15) is 8.42 Å². The lowest BCUT2D eigenvalue weighted by Gasteiger charge is -2.18. The SMILES string of the molecule is CN(CC(=O)OCc1ccc(Cl)c(Cl)c1)C1=NS(=O)(=O)c2ccccc21. The Morgan fingerprint density at radius 2 is 1.88 bits per heavy atom. The van der Waals surface area contributed by atoms with Gasteiger partial charge in [0.05, 0.1) is 10.0 Å². The Morgan fingerprint density at radius 3 is 2.62 bits per heavy atom. The van der Waals surface area contributed by atoms with Crippen molar-refractivity contribution in [2.75, 3.05) is 13.6 Å². The Kier molecular flexibility index (Phi) is 5.22. The van der Waals surface area contributed by atoms with Crippen LogP contribution < -0.4 is 0 Å². The van der Waals surface area contributed by atoms with Crippen LogP contribution in [0.5, 0.6) is 0 Å². The van der Waals surface area contributed by atoms with E-state index >= 15 is 0 Å². The fourth-order valence-electron chi connectivity index (χ4n) is 2.47. The number of carbonyl (C=O) groups is 1. The van der Waals surface area contributed by atoms with Crippen LogP contribution in [0.1, 0.15) is 11.1 Å². The predicted molar refractivity (Wildman–Crippen MR) is 99.1 cm³/mol. The molecule has 1 aliphatic rings. The van der Waals surface area contributed by atoms with Gasteiger partial charge in [-0.25, -0.2) is 0 Å². The minimum Gasteiger partial charge on any atom is -0.459 e. The van der Waals surface area contributed by atoms with Crippen molar-refractivity contribution in [1.29, 1.82) is 0 Å². The van der Waals surface area contributed by atoms with Crippen molar-refractivity contribution < 1.29 is 17.9 Å². The number of hydrogen-bond acceptors (Lipinski definition) is 5. The number of amidine groups is 1. The molecule has 3 rings (SSSR count). The summed E-state index contributed by atoms with van der Waals surface area (Å²) in [7, 11) is -2.15. The molecule has 6 nitrogen and oxygen atoms in total. The average Bonchev–Trinajstić information content (AvgIpc) is 2.88. The third kappa shape index (κ3) is 3.85. The molecule has 0 amide bonds. The third-order valence-corrected chi connectivity index (χ3v) is 5.79. The largest absolute Gasteiger partial charge is 0.459 e. The van der Waals surface area contributed by atoms with Gasteiger partial charge >= 0.3 is 5.97 Å². The molecule has 0 saturated heterocycles. The maximum absolute atomic E-state index is 12.1. The lowest BCUT2D eigenvalue weighted by molar-refractivity contribution is -0.145. The summed E-state index contributed by atoms with van der Waals surface area (Å²) in [5.41, 5.74) is 1.16. The highest BCUT2D eigenvalue weighted by atomic mass is 35.5. The van der Waals surface area contributed by atoms with Crippen molar-refractivity contribution >= 4 is 45.0 Å². The van der Waals surface area contributed by atoms with Gasteiger partial charge in [0, 0.05) is 12.6 Å². The summed E-state index contributed by atoms with van der Waals surface area (Å²) in [6.45, 7) is -0.116. The van der Waals surface area contributed by atoms with Crippen LogP contribution in [0.3, 0.4) is 0 Å². The van der Waals surface area contributed by atoms with Crippen molar-refractivity contribution in [1.82, 2.24) is 4.90 Å². The van der Waals surface area contributed by atoms with Crippen LogP contribution in [0.25, 0.3) is 0 Å². The van der Waals surface area contributed by atoms with Crippen LogP contribution in [-0.2, 0) is 26.2 Å². The first-order chi connectivity index (χ1) is 12.3. The number of carbonyl (C=O) groups excluding carboxylic acids is 1. The van der Waals surface area contributed by atoms with E-state index in [9.17, 15) is 13.2 Å². The highest BCUT2D eigenvalue weighted by molar-refractivity contribution is 7.90. The molecule has 0 radical (unpaired) electrons. The molecule has 0 unspecified atom stereocenters. The minimum atomic E-state index is -3.73. The number of rotatable bonds is 4. The van der Waals surface area contributed by atoms with E-state index in [4.69, 9.17) is 27.9 Å². The molecule has 0 N–H and O–H groups in total. The van der Waals surface area contributed by atoms with E-state index in [1.807, 2.05) is 0 Å². The van der Waals surface area contributed by atoms with E-state index in [-0.39, 0.29) is 23.9 Å². The second-order valence-corrected chi connectivity index (χ2v) is 8.04. The quantitative estimate of drug-likeness (QED) is 0.720. The van der Waals surface area contributed by atoms with Crippen molar-refractivity contribution in [2.24, 2.45) is 4.40 Å². The molecule has 2 aromatic rings. The molecule has 0 fully saturated rings. The Balaban J connectivity index is 1.66. The van der Waals surface area contributed by atoms with Crippen molar-refractivity contribution in [3.05, 3.63) is 63.6 Å². The van der Waals surface area contributed by atoms with Gasteiger partial charge in [-0.1, -0.05) is 41.4 Å². The van der Waals surface area contributed by atoms with Crippen LogP contribution >= 0.6 is 23.2 Å². The molecule has 1 heterocycles. The minimum absolute atomic E-state index is 0.0327. The standard InChI is InChI=1S/C17H14Cl2N2O4S/c1-21(17-12-4-2-3-5-15(12)26(23,24)20-17)9-16(22)25-10-11-6-7-13(18)14(19)8-11/h2-8H,9-10H2,1H3. The number of hydrogen-bond donors (Lipinski definition) is 0. The predicted octanol–water partition coefficient (Wildman–Crippen LogP) is 3.12. The number of sulfonamides is 1. The summed E-state index contributed by atoms with van der Waals surface area (Å²) in [6.07, 6.45) is 0. The molecule has 9 heteroatoms. The second kappa shape index (κ2) is 7.26. The highest BCUT2D eigenvalue weighted by Crippen LogP contribution is 2.27. The zero-order valence-electron chi connectivity index (χ0n) is 13.6. The zero-order chi connectivity index (χ0) is 18.9. The first-order valence-corrected chi connectivity index (χ1v) is 9.72. The van der Waals surface area contributed by atoms with E-state index in [1.54, 1.807) is 43.4 Å². The number of benzene rings is 2. The van der Waals surface area contributed by atoms with Gasteiger partial charge < -0.3 is 9.64 Å². The molecular weight excluding hydrogens is 399 g/mol. The summed E-state index contributed by atoms with van der Waals surface area (Å²) in [4.78, 5) is 13.7. The Hall–Kier alpha value is -2.09. The Bertz CT molecular complexity index is 1010. The van der Waals surface area contributed by atoms with Crippen molar-refractivity contribution in [3.63, 3.8) is 0 Å². The van der Waals surface area contributed by atoms with Crippen LogP contribution in [-0.4, -0.2) is 38.7 Å². The summed E-state index contributed by atoms with van der Waals surface area (Å²) >= 11 is 11.8. The lowest BCUT2D eigenvalue weighted by atomic mass is 10.2. The summed E-state index contributed by atoms with van der Waals surface area (Å²) in [5, 5.41) is 0.792. The van der Waals surface area contributed by atoms with Gasteiger partial charge in [0.25, 0.3) is 10.0 Å². The van der Waals surface area contributed by atoms with Crippen LogP contribution in [0.4, 0.5) is 0 Å². The number of likely N-dealkylation sites (N-methyl/N-ethyl adjacent to an activating group) is 1. The first-order valence-electron chi connectivity index (χ1n) is 7.53. The molecule has 0 aromatic heterocycles. The fourth-order valence-corrected chi connectivity index (χ4v) is 4.04. The van der Waals surface area contributed by atoms with Crippen LogP contribution in [0.15, 0.2) is 51.8 Å². The number of halogens is 2. The Labute approximate surface area is 161 Å². The average molecular weight is 413 g/mol. The normalized spacial score (nSPS) is 14.5. The molecule has 0 spiro atoms. The molecule has 0 aliphatic carbocycles. The van der Waals surface area contributed by atoms with Gasteiger partial charge in [-0.05, 0) is 29.8 Å². The smallest absolute Gasteiger partial charge is 0.325 e. The molecule has 26 heavy (non-hydrogen) atoms. The molecule has 136 valence electrons. The number of esters is 1. The van der Waals surface area contributed by atoms with E-state index in [0.717, 1.165) is 0 Å². The molecule has 0 saturated carbocycles. The molecule has 0 atom stereocenters. The lowest BCUT2D eigenvalue weighted by Crippen LogP contribution is -2.32. The van der Waals surface area contributed by atoms with Crippen molar-refractivity contribution in [3.8, 4) is 0 Å². The van der Waals surface area contributed by atoms with Crippen LogP contribution in [0.2, 0.25) is 10.0 Å². The molecular formula is C17H14Cl2N2O4S. The fraction of sp³-hybridized carbons (Fsp3) is 0.176. The number of fused-ring (bicyclic) bond motifs is 1. The monoisotopic (exact) mass is 412 g/mol. The van der Waals surface area contributed by atoms with E-state index in [2.05, 4.69) is 4.40 Å². The molecule has 1 aliphatic heterocycles. The number of nitrogens with zero attached hydrogens (tertiary/aromatic N) is 2. The summed E-state index contributed by atoms with van der Waals surface area (Å²) < 4.78 is 33.1. The summed E-state index contributed by atoms with van der Waals surface area (Å²) in [6, 6.07) is 11.4. The van der Waals surface area contributed by atoms with E-state index in [0.29, 0.717) is 21.2 Å². The highest BCUT2D eigenvalue weighted by Gasteiger charge is 2.31. The van der Waals surface area contributed by atoms with Gasteiger partial charge in [0.2, 0.25) is 0 Å². The maximum atomic E-state index is 12.1. The first kappa shape index (κ1) is 18.7. The number of ether oxygens (including phenoxy) is 1. The van der Waals surface area contributed by atoms with Gasteiger partial charge in [0.1, 0.15) is 18.0 Å². The Morgan fingerprint density at radius 1 is 1.15 bits per heavy atom. The third-order valence-electron chi connectivity index (χ3n) is 3.72. The molecule has 0 bridgehead atoms. The summed E-state index contributed by atoms with van der Waals surface area (Å²) in [5.74, 6) is -0.310. The van der Waals surface area contributed by atoms with Crippen molar-refractivity contribution in [2.45, 2.75) is 11.5 Å². The molecule has 2 aromatic carbocycles. The zero-order valence-corrected chi connectivity index (χ0v) is 16.0. The maximum Gasteiger partial charge on any atom is 0.325 e. The second-order valence-electron chi connectivity index (χ2n) is 5.65. The van der Waals surface area contributed by atoms with Gasteiger partial charge in [-0.15, -0.1) is 4.40 Å². The van der Waals surface area contributed by atoms with E-state index in [1.165, 1.54) is 11.0 Å². The van der Waals surface area contributed by atoms with Gasteiger partial charge in [-0.3, -0.25) is 4.79 Å². The van der Waals surface area contributed by atoms with Gasteiger partial charge in [0.15, 0.2) is 5.84 Å². The van der Waals surface area contributed by atoms with Crippen LogP contribution in [0, 0.1) is 0 Å².